The first-order valence-electron chi connectivity index (χ1n) is 6.77. The first kappa shape index (κ1) is 14.5. The molecule has 1 aromatic carbocycles. The first-order chi connectivity index (χ1) is 9.49. The molecule has 108 valence electrons. The number of carboxylic acid groups (broad SMARTS) is 1. The molecule has 1 aliphatic rings. The highest BCUT2D eigenvalue weighted by molar-refractivity contribution is 5.95. The van der Waals surface area contributed by atoms with E-state index < -0.39 is 23.6 Å². The highest BCUT2D eigenvalue weighted by atomic mass is 19.1. The fourth-order valence-corrected chi connectivity index (χ4v) is 2.68. The highest BCUT2D eigenvalue weighted by Crippen LogP contribution is 2.31. The minimum absolute atomic E-state index is 0.368. The van der Waals surface area contributed by atoms with Crippen LogP contribution in [0.3, 0.4) is 0 Å². The van der Waals surface area contributed by atoms with Crippen LogP contribution in [0.1, 0.15) is 31.2 Å². The Balaban J connectivity index is 2.14. The summed E-state index contributed by atoms with van der Waals surface area (Å²) >= 11 is 0. The number of rotatable bonds is 3. The van der Waals surface area contributed by atoms with Crippen molar-refractivity contribution >= 4 is 17.6 Å². The highest BCUT2D eigenvalue weighted by Gasteiger charge is 2.31. The minimum Gasteiger partial charge on any atom is -0.550 e. The predicted molar refractivity (Wildman–Crippen MR) is 70.2 cm³/mol. The van der Waals surface area contributed by atoms with E-state index in [1.807, 2.05) is 0 Å². The lowest BCUT2D eigenvalue weighted by Gasteiger charge is -2.31. The van der Waals surface area contributed by atoms with Gasteiger partial charge in [-0.05, 0) is 37.5 Å². The van der Waals surface area contributed by atoms with Crippen LogP contribution >= 0.6 is 0 Å². The third kappa shape index (κ3) is 3.15. The van der Waals surface area contributed by atoms with E-state index in [-0.39, 0.29) is 5.91 Å². The number of aryl methyl sites for hydroxylation is 1. The number of aliphatic carboxylic acids is 1. The van der Waals surface area contributed by atoms with E-state index >= 15 is 0 Å². The summed E-state index contributed by atoms with van der Waals surface area (Å²) in [6, 6.07) is 4.13. The summed E-state index contributed by atoms with van der Waals surface area (Å²) in [5.41, 5.74) is 1.12. The van der Waals surface area contributed by atoms with Crippen LogP contribution in [-0.4, -0.2) is 11.9 Å². The molecule has 1 fully saturated rings. The zero-order chi connectivity index (χ0) is 14.7. The standard InChI is InChI=1S/C15H18FNO3/c1-9-6-7-10(16)8-13(9)17-14(18)11-4-2-3-5-12(11)15(19)20/h6-8,11-12H,2-5H2,1H3,(H,17,18)(H,19,20)/p-1/t11-,12+/m0/s1. The Bertz CT molecular complexity index is 530. The maximum Gasteiger partial charge on any atom is 0.228 e. The number of hydrogen-bond donors (Lipinski definition) is 1. The predicted octanol–water partition coefficient (Wildman–Crippen LogP) is 1.63. The topological polar surface area (TPSA) is 69.2 Å². The zero-order valence-corrected chi connectivity index (χ0v) is 11.3. The average Bonchev–Trinajstić information content (AvgIpc) is 2.42. The quantitative estimate of drug-likeness (QED) is 0.913. The van der Waals surface area contributed by atoms with Gasteiger partial charge in [-0.3, -0.25) is 4.79 Å². The molecule has 0 aromatic heterocycles. The second-order valence-corrected chi connectivity index (χ2v) is 5.26. The second kappa shape index (κ2) is 6.03. The molecule has 0 unspecified atom stereocenters. The van der Waals surface area contributed by atoms with Gasteiger partial charge in [-0.15, -0.1) is 0 Å². The number of carboxylic acids is 1. The van der Waals surface area contributed by atoms with Crippen LogP contribution < -0.4 is 10.4 Å². The van der Waals surface area contributed by atoms with Crippen molar-refractivity contribution in [1.29, 1.82) is 0 Å². The molecule has 0 radical (unpaired) electrons. The van der Waals surface area contributed by atoms with Gasteiger partial charge in [0.2, 0.25) is 5.91 Å². The van der Waals surface area contributed by atoms with Crippen molar-refractivity contribution in [1.82, 2.24) is 0 Å². The van der Waals surface area contributed by atoms with Gasteiger partial charge in [0, 0.05) is 23.5 Å². The molecule has 0 heterocycles. The van der Waals surface area contributed by atoms with Crippen molar-refractivity contribution in [3.8, 4) is 0 Å². The molecule has 1 aromatic rings. The van der Waals surface area contributed by atoms with E-state index in [0.717, 1.165) is 18.4 Å². The lowest BCUT2D eigenvalue weighted by Crippen LogP contribution is -2.42. The average molecular weight is 278 g/mol. The van der Waals surface area contributed by atoms with Gasteiger partial charge in [0.15, 0.2) is 0 Å². The van der Waals surface area contributed by atoms with Crippen LogP contribution in [0, 0.1) is 24.6 Å². The number of nitrogens with one attached hydrogen (secondary N) is 1. The number of halogens is 1. The summed E-state index contributed by atoms with van der Waals surface area (Å²) in [5.74, 6) is -3.34. The van der Waals surface area contributed by atoms with Gasteiger partial charge in [-0.25, -0.2) is 4.39 Å². The second-order valence-electron chi connectivity index (χ2n) is 5.26. The number of anilines is 1. The Morgan fingerprint density at radius 2 is 1.90 bits per heavy atom. The summed E-state index contributed by atoms with van der Waals surface area (Å²) in [6.45, 7) is 1.76. The van der Waals surface area contributed by atoms with E-state index in [2.05, 4.69) is 5.32 Å². The lowest BCUT2D eigenvalue weighted by molar-refractivity contribution is -0.313. The molecule has 1 amide bonds. The van der Waals surface area contributed by atoms with E-state index in [1.54, 1.807) is 13.0 Å². The SMILES string of the molecule is Cc1ccc(F)cc1NC(=O)[C@H]1CCCC[C@H]1C(=O)[O-]. The van der Waals surface area contributed by atoms with Crippen molar-refractivity contribution in [3.05, 3.63) is 29.6 Å². The Kier molecular flexibility index (Phi) is 4.37. The smallest absolute Gasteiger partial charge is 0.228 e. The molecule has 0 saturated heterocycles. The summed E-state index contributed by atoms with van der Waals surface area (Å²) in [6.07, 6.45) is 2.60. The Morgan fingerprint density at radius 1 is 1.25 bits per heavy atom. The van der Waals surface area contributed by atoms with Gasteiger partial charge < -0.3 is 15.2 Å². The van der Waals surface area contributed by atoms with Gasteiger partial charge in [0.05, 0.1) is 0 Å². The number of benzene rings is 1. The minimum atomic E-state index is -1.18. The fraction of sp³-hybridized carbons (Fsp3) is 0.467. The van der Waals surface area contributed by atoms with Crippen LogP contribution in [0.25, 0.3) is 0 Å². The van der Waals surface area contributed by atoms with Gasteiger partial charge in [0.1, 0.15) is 5.82 Å². The van der Waals surface area contributed by atoms with Crippen molar-refractivity contribution in [2.24, 2.45) is 11.8 Å². The van der Waals surface area contributed by atoms with Gasteiger partial charge in [0.25, 0.3) is 0 Å². The number of carbonyl (C=O) groups excluding carboxylic acids is 2. The Labute approximate surface area is 117 Å². The third-order valence-corrected chi connectivity index (χ3v) is 3.86. The van der Waals surface area contributed by atoms with E-state index in [4.69, 9.17) is 0 Å². The molecule has 20 heavy (non-hydrogen) atoms. The zero-order valence-electron chi connectivity index (χ0n) is 11.3. The molecular weight excluding hydrogens is 261 g/mol. The van der Waals surface area contributed by atoms with Crippen LogP contribution in [-0.2, 0) is 9.59 Å². The Morgan fingerprint density at radius 3 is 2.55 bits per heavy atom. The van der Waals surface area contributed by atoms with Crippen LogP contribution in [0.4, 0.5) is 10.1 Å². The van der Waals surface area contributed by atoms with E-state index in [9.17, 15) is 19.1 Å². The number of hydrogen-bond acceptors (Lipinski definition) is 3. The number of carbonyl (C=O) groups is 2. The largest absolute Gasteiger partial charge is 0.550 e. The van der Waals surface area contributed by atoms with Crippen molar-refractivity contribution in [3.63, 3.8) is 0 Å². The molecule has 2 rings (SSSR count). The van der Waals surface area contributed by atoms with Gasteiger partial charge in [-0.2, -0.15) is 0 Å². The molecule has 1 N–H and O–H groups in total. The van der Waals surface area contributed by atoms with Crippen LogP contribution in [0.15, 0.2) is 18.2 Å². The van der Waals surface area contributed by atoms with Gasteiger partial charge in [-0.1, -0.05) is 18.9 Å². The first-order valence-corrected chi connectivity index (χ1v) is 6.77. The van der Waals surface area contributed by atoms with E-state index in [1.165, 1.54) is 12.1 Å². The summed E-state index contributed by atoms with van der Waals surface area (Å²) in [4.78, 5) is 23.3. The summed E-state index contributed by atoms with van der Waals surface area (Å²) in [5, 5.41) is 13.7. The monoisotopic (exact) mass is 278 g/mol. The molecule has 4 nitrogen and oxygen atoms in total. The maximum atomic E-state index is 13.2. The molecule has 5 heteroatoms. The molecule has 0 spiro atoms. The van der Waals surface area contributed by atoms with Crippen LogP contribution in [0.5, 0.6) is 0 Å². The molecule has 2 atom stereocenters. The molecule has 1 saturated carbocycles. The number of amides is 1. The normalized spacial score (nSPS) is 22.3. The van der Waals surface area contributed by atoms with Crippen molar-refractivity contribution in [2.75, 3.05) is 5.32 Å². The molecule has 0 aliphatic heterocycles. The maximum absolute atomic E-state index is 13.2. The van der Waals surface area contributed by atoms with Crippen molar-refractivity contribution < 1.29 is 19.1 Å². The third-order valence-electron chi connectivity index (χ3n) is 3.86. The van der Waals surface area contributed by atoms with Crippen LogP contribution in [0.2, 0.25) is 0 Å². The van der Waals surface area contributed by atoms with Crippen molar-refractivity contribution in [2.45, 2.75) is 32.6 Å². The lowest BCUT2D eigenvalue weighted by atomic mass is 9.78. The fourth-order valence-electron chi connectivity index (χ4n) is 2.68. The Hall–Kier alpha value is -1.91. The molecule has 0 bridgehead atoms. The van der Waals surface area contributed by atoms with E-state index in [0.29, 0.717) is 18.5 Å². The molecular formula is C15H17FNO3-. The summed E-state index contributed by atoms with van der Waals surface area (Å²) in [7, 11) is 0. The summed E-state index contributed by atoms with van der Waals surface area (Å²) < 4.78 is 13.2. The molecule has 1 aliphatic carbocycles. The van der Waals surface area contributed by atoms with Gasteiger partial charge >= 0.3 is 0 Å².